The fraction of sp³-hybridized carbons (Fsp3) is 0.200. The van der Waals surface area contributed by atoms with Crippen molar-refractivity contribution in [3.8, 4) is 0 Å². The number of nitrogens with zero attached hydrogens (tertiary/aromatic N) is 1. The van der Waals surface area contributed by atoms with E-state index >= 15 is 0 Å². The summed E-state index contributed by atoms with van der Waals surface area (Å²) in [6, 6.07) is 17.8. The average Bonchev–Trinajstić information content (AvgIpc) is 2.81. The second kappa shape index (κ2) is 11.4. The average molecular weight is 526 g/mol. The molecule has 0 saturated carbocycles. The largest absolute Gasteiger partial charge is 0.445 e. The predicted octanol–water partition coefficient (Wildman–Crippen LogP) is 5.45. The predicted molar refractivity (Wildman–Crippen MR) is 133 cm³/mol. The normalized spacial score (nSPS) is 11.4. The van der Waals surface area contributed by atoms with Crippen LogP contribution in [0.1, 0.15) is 22.3 Å². The number of nitro benzene ring substituents is 1. The number of amides is 2. The standard InChI is InChI=1S/C25H24BrN3O5/c1-16-12-21(26)22(13-17(16)2)27-24(30)23(14-18-8-10-20(11-9-18)29(32)33)28-25(31)34-15-19-6-4-3-5-7-19/h3-13,23H,14-15H2,1-2H3,(H,27,30)(H,28,31)/t23-/m0/s1. The van der Waals surface area contributed by atoms with Gasteiger partial charge in [0.15, 0.2) is 0 Å². The number of hydrogen-bond acceptors (Lipinski definition) is 5. The Morgan fingerprint density at radius 3 is 2.29 bits per heavy atom. The van der Waals surface area contributed by atoms with Crippen LogP contribution < -0.4 is 10.6 Å². The van der Waals surface area contributed by atoms with Crippen LogP contribution in [0.4, 0.5) is 16.2 Å². The van der Waals surface area contributed by atoms with Crippen LogP contribution in [0.3, 0.4) is 0 Å². The highest BCUT2D eigenvalue weighted by molar-refractivity contribution is 9.10. The van der Waals surface area contributed by atoms with E-state index in [0.717, 1.165) is 16.7 Å². The van der Waals surface area contributed by atoms with Crippen LogP contribution in [0.2, 0.25) is 0 Å². The molecule has 9 heteroatoms. The van der Waals surface area contributed by atoms with Gasteiger partial charge in [-0.1, -0.05) is 42.5 Å². The maximum Gasteiger partial charge on any atom is 0.408 e. The van der Waals surface area contributed by atoms with Crippen LogP contribution in [0.15, 0.2) is 71.2 Å². The van der Waals surface area contributed by atoms with Crippen LogP contribution in [0, 0.1) is 24.0 Å². The van der Waals surface area contributed by atoms with Gasteiger partial charge in [0.05, 0.1) is 10.6 Å². The van der Waals surface area contributed by atoms with Crippen LogP contribution in [-0.4, -0.2) is 23.0 Å². The lowest BCUT2D eigenvalue weighted by atomic mass is 10.0. The first-order chi connectivity index (χ1) is 16.2. The quantitative estimate of drug-likeness (QED) is 0.300. The van der Waals surface area contributed by atoms with Gasteiger partial charge in [0.1, 0.15) is 12.6 Å². The number of alkyl carbamates (subject to hydrolysis) is 1. The lowest BCUT2D eigenvalue weighted by Crippen LogP contribution is -2.45. The zero-order valence-electron chi connectivity index (χ0n) is 18.7. The van der Waals surface area contributed by atoms with Crippen molar-refractivity contribution in [3.05, 3.63) is 104 Å². The van der Waals surface area contributed by atoms with E-state index in [9.17, 15) is 19.7 Å². The summed E-state index contributed by atoms with van der Waals surface area (Å²) in [5.74, 6) is -0.445. The fourth-order valence-electron chi connectivity index (χ4n) is 3.20. The van der Waals surface area contributed by atoms with E-state index in [4.69, 9.17) is 4.74 Å². The van der Waals surface area contributed by atoms with Gasteiger partial charge in [0, 0.05) is 23.0 Å². The van der Waals surface area contributed by atoms with E-state index in [1.165, 1.54) is 12.1 Å². The molecule has 3 aromatic carbocycles. The minimum Gasteiger partial charge on any atom is -0.445 e. The number of aryl methyl sites for hydroxylation is 2. The number of carbonyl (C=O) groups excluding carboxylic acids is 2. The summed E-state index contributed by atoms with van der Waals surface area (Å²) in [4.78, 5) is 36.0. The lowest BCUT2D eigenvalue weighted by Gasteiger charge is -2.19. The van der Waals surface area contributed by atoms with Crippen molar-refractivity contribution in [2.45, 2.75) is 32.9 Å². The Labute approximate surface area is 205 Å². The molecule has 0 aliphatic rings. The Hall–Kier alpha value is -3.72. The van der Waals surface area contributed by atoms with Gasteiger partial charge in [-0.15, -0.1) is 0 Å². The molecule has 1 atom stereocenters. The molecule has 176 valence electrons. The second-order valence-electron chi connectivity index (χ2n) is 7.79. The molecule has 2 amide bonds. The molecule has 0 saturated heterocycles. The second-order valence-corrected chi connectivity index (χ2v) is 8.65. The number of nitro groups is 1. The van der Waals surface area contributed by atoms with E-state index < -0.39 is 23.0 Å². The van der Waals surface area contributed by atoms with Gasteiger partial charge in [-0.05, 0) is 64.2 Å². The van der Waals surface area contributed by atoms with E-state index in [0.29, 0.717) is 15.7 Å². The monoisotopic (exact) mass is 525 g/mol. The fourth-order valence-corrected chi connectivity index (χ4v) is 3.76. The topological polar surface area (TPSA) is 111 Å². The molecule has 3 aromatic rings. The summed E-state index contributed by atoms with van der Waals surface area (Å²) < 4.78 is 5.99. The van der Waals surface area contributed by atoms with Gasteiger partial charge in [-0.2, -0.15) is 0 Å². The molecule has 0 aliphatic carbocycles. The maximum absolute atomic E-state index is 13.1. The number of hydrogen-bond donors (Lipinski definition) is 2. The van der Waals surface area contributed by atoms with Crippen LogP contribution in [0.5, 0.6) is 0 Å². The highest BCUT2D eigenvalue weighted by atomic mass is 79.9. The third-order valence-electron chi connectivity index (χ3n) is 5.25. The number of anilines is 1. The Bertz CT molecular complexity index is 1180. The van der Waals surface area contributed by atoms with Gasteiger partial charge in [-0.25, -0.2) is 4.79 Å². The SMILES string of the molecule is Cc1cc(Br)c(NC(=O)[C@H](Cc2ccc([N+](=O)[O-])cc2)NC(=O)OCc2ccccc2)cc1C. The minimum absolute atomic E-state index is 0.0564. The lowest BCUT2D eigenvalue weighted by molar-refractivity contribution is -0.384. The van der Waals surface area contributed by atoms with Gasteiger partial charge in [-0.3, -0.25) is 14.9 Å². The summed E-state index contributed by atoms with van der Waals surface area (Å²) in [6.07, 6.45) is -0.628. The van der Waals surface area contributed by atoms with Crippen molar-refractivity contribution in [3.63, 3.8) is 0 Å². The Morgan fingerprint density at radius 2 is 1.65 bits per heavy atom. The van der Waals surface area contributed by atoms with E-state index in [1.807, 2.05) is 56.3 Å². The van der Waals surface area contributed by atoms with Crippen molar-refractivity contribution < 1.29 is 19.2 Å². The molecule has 0 fully saturated rings. The zero-order chi connectivity index (χ0) is 24.7. The maximum atomic E-state index is 13.1. The van der Waals surface area contributed by atoms with Gasteiger partial charge < -0.3 is 15.4 Å². The smallest absolute Gasteiger partial charge is 0.408 e. The first kappa shape index (κ1) is 24.9. The molecule has 2 N–H and O–H groups in total. The molecular weight excluding hydrogens is 502 g/mol. The number of nitrogens with one attached hydrogen (secondary N) is 2. The van der Waals surface area contributed by atoms with E-state index in [1.54, 1.807) is 12.1 Å². The molecule has 3 rings (SSSR count). The van der Waals surface area contributed by atoms with E-state index in [-0.39, 0.29) is 18.7 Å². The molecule has 0 aromatic heterocycles. The van der Waals surface area contributed by atoms with Crippen LogP contribution >= 0.6 is 15.9 Å². The molecule has 0 bridgehead atoms. The highest BCUT2D eigenvalue weighted by Crippen LogP contribution is 2.26. The van der Waals surface area contributed by atoms with Crippen molar-refractivity contribution in [1.29, 1.82) is 0 Å². The summed E-state index contributed by atoms with van der Waals surface area (Å²) in [7, 11) is 0. The van der Waals surface area contributed by atoms with Gasteiger partial charge in [0.2, 0.25) is 5.91 Å². The summed E-state index contributed by atoms with van der Waals surface area (Å²) in [5.41, 5.74) is 4.04. The van der Waals surface area contributed by atoms with Crippen molar-refractivity contribution in [1.82, 2.24) is 5.32 Å². The van der Waals surface area contributed by atoms with Gasteiger partial charge in [0.25, 0.3) is 5.69 Å². The summed E-state index contributed by atoms with van der Waals surface area (Å²) in [5, 5.41) is 16.4. The van der Waals surface area contributed by atoms with Crippen molar-refractivity contribution in [2.24, 2.45) is 0 Å². The van der Waals surface area contributed by atoms with Gasteiger partial charge >= 0.3 is 6.09 Å². The summed E-state index contributed by atoms with van der Waals surface area (Å²) >= 11 is 3.46. The molecule has 8 nitrogen and oxygen atoms in total. The minimum atomic E-state index is -0.974. The zero-order valence-corrected chi connectivity index (χ0v) is 20.3. The Kier molecular flexibility index (Phi) is 8.37. The van der Waals surface area contributed by atoms with Crippen LogP contribution in [-0.2, 0) is 22.6 Å². The number of benzene rings is 3. The van der Waals surface area contributed by atoms with E-state index in [2.05, 4.69) is 26.6 Å². The first-order valence-electron chi connectivity index (χ1n) is 10.5. The molecule has 0 spiro atoms. The molecular formula is C25H24BrN3O5. The molecule has 34 heavy (non-hydrogen) atoms. The Balaban J connectivity index is 1.75. The first-order valence-corrected chi connectivity index (χ1v) is 11.3. The van der Waals surface area contributed by atoms with Crippen LogP contribution in [0.25, 0.3) is 0 Å². The summed E-state index contributed by atoms with van der Waals surface area (Å²) in [6.45, 7) is 3.96. The van der Waals surface area contributed by atoms with Crippen molar-refractivity contribution >= 4 is 39.3 Å². The number of halogens is 1. The number of carbonyl (C=O) groups is 2. The number of rotatable bonds is 8. The highest BCUT2D eigenvalue weighted by Gasteiger charge is 2.23. The number of ether oxygens (including phenoxy) is 1. The third kappa shape index (κ3) is 6.89. The molecule has 0 aliphatic heterocycles. The molecule has 0 heterocycles. The molecule has 0 radical (unpaired) electrons. The third-order valence-corrected chi connectivity index (χ3v) is 5.91. The Morgan fingerprint density at radius 1 is 1.00 bits per heavy atom. The number of non-ortho nitro benzene ring substituents is 1. The molecule has 0 unspecified atom stereocenters. The van der Waals surface area contributed by atoms with Crippen molar-refractivity contribution in [2.75, 3.05) is 5.32 Å².